The highest BCUT2D eigenvalue weighted by Gasteiger charge is 2.19. The molecule has 1 N–H and O–H groups in total. The number of benzene rings is 1. The van der Waals surface area contributed by atoms with Crippen LogP contribution in [0.2, 0.25) is 0 Å². The van der Waals surface area contributed by atoms with Crippen LogP contribution in [0.4, 0.5) is 0 Å². The van der Waals surface area contributed by atoms with Crippen molar-refractivity contribution in [3.05, 3.63) is 29.3 Å². The molecule has 0 aromatic heterocycles. The third-order valence-electron chi connectivity index (χ3n) is 6.43. The largest absolute Gasteiger partial charge is 0.294 e. The van der Waals surface area contributed by atoms with Crippen LogP contribution < -0.4 is 0 Å². The zero-order valence-electron chi connectivity index (χ0n) is 20.5. The topological polar surface area (TPSA) is 54.4 Å². The van der Waals surface area contributed by atoms with Gasteiger partial charge in [-0.15, -0.1) is 0 Å². The predicted octanol–water partition coefficient (Wildman–Crippen LogP) is 8.68. The van der Waals surface area contributed by atoms with Gasteiger partial charge < -0.3 is 0 Å². The Morgan fingerprint density at radius 2 is 1.19 bits per heavy atom. The zero-order chi connectivity index (χ0) is 23.0. The molecule has 3 nitrogen and oxygen atoms in total. The van der Waals surface area contributed by atoms with Crippen molar-refractivity contribution in [2.75, 3.05) is 0 Å². The molecule has 0 fully saturated rings. The van der Waals surface area contributed by atoms with Gasteiger partial charge in [-0.25, -0.2) is 0 Å². The molecular formula is C27H48O3S. The van der Waals surface area contributed by atoms with E-state index in [1.807, 2.05) is 13.0 Å². The van der Waals surface area contributed by atoms with E-state index < -0.39 is 10.1 Å². The van der Waals surface area contributed by atoms with E-state index in [2.05, 4.69) is 13.8 Å². The highest BCUT2D eigenvalue weighted by molar-refractivity contribution is 7.85. The molecule has 4 heteroatoms. The number of hydrogen-bond donors (Lipinski definition) is 1. The standard InChI is InChI=1S/C27H48O3S/c1-4-6-8-10-12-13-15-17-19-25(18-16-14-11-9-7-5-2)23-26-22-24(3)20-21-27(26)31(28,29)30/h20-22,25H,4-19,23H2,1-3H3,(H,28,29,30). The monoisotopic (exact) mass is 452 g/mol. The maximum absolute atomic E-state index is 11.9. The van der Waals surface area contributed by atoms with Crippen molar-refractivity contribution in [1.82, 2.24) is 0 Å². The maximum Gasteiger partial charge on any atom is 0.294 e. The molecule has 0 bridgehead atoms. The summed E-state index contributed by atoms with van der Waals surface area (Å²) in [6.45, 7) is 6.48. The van der Waals surface area contributed by atoms with Gasteiger partial charge in [-0.1, -0.05) is 134 Å². The van der Waals surface area contributed by atoms with Crippen molar-refractivity contribution in [2.24, 2.45) is 5.92 Å². The molecule has 1 aromatic carbocycles. The lowest BCUT2D eigenvalue weighted by Crippen LogP contribution is -2.10. The van der Waals surface area contributed by atoms with E-state index in [9.17, 15) is 13.0 Å². The number of unbranched alkanes of at least 4 members (excludes halogenated alkanes) is 12. The van der Waals surface area contributed by atoms with Crippen molar-refractivity contribution in [2.45, 2.75) is 135 Å². The normalized spacial score (nSPS) is 12.9. The molecule has 1 aromatic rings. The van der Waals surface area contributed by atoms with Crippen molar-refractivity contribution in [3.63, 3.8) is 0 Å². The molecule has 31 heavy (non-hydrogen) atoms. The molecule has 180 valence electrons. The molecule has 1 atom stereocenters. The van der Waals surface area contributed by atoms with Gasteiger partial charge in [-0.2, -0.15) is 8.42 Å². The zero-order valence-corrected chi connectivity index (χ0v) is 21.3. The first kappa shape index (κ1) is 28.2. The first-order chi connectivity index (χ1) is 14.9. The van der Waals surface area contributed by atoms with Crippen LogP contribution in [0.3, 0.4) is 0 Å². The SMILES string of the molecule is CCCCCCCCCCC(CCCCCCCC)Cc1cc(C)ccc1S(=O)(=O)O. The minimum absolute atomic E-state index is 0.0990. The van der Waals surface area contributed by atoms with Crippen LogP contribution in [0.1, 0.15) is 128 Å². The van der Waals surface area contributed by atoms with Crippen LogP contribution in [-0.2, 0) is 16.5 Å². The molecule has 0 saturated carbocycles. The van der Waals surface area contributed by atoms with Gasteiger partial charge in [0.2, 0.25) is 0 Å². The number of hydrogen-bond acceptors (Lipinski definition) is 2. The molecule has 0 saturated heterocycles. The fourth-order valence-electron chi connectivity index (χ4n) is 4.56. The molecule has 0 heterocycles. The molecule has 0 amide bonds. The molecular weight excluding hydrogens is 404 g/mol. The van der Waals surface area contributed by atoms with Gasteiger partial charge in [-0.05, 0) is 30.9 Å². The average molecular weight is 453 g/mol. The second-order valence-corrected chi connectivity index (χ2v) is 10.9. The van der Waals surface area contributed by atoms with E-state index in [0.29, 0.717) is 5.92 Å². The Bertz CT molecular complexity index is 682. The molecule has 0 aliphatic carbocycles. The summed E-state index contributed by atoms with van der Waals surface area (Å²) in [7, 11) is -4.17. The summed E-state index contributed by atoms with van der Waals surface area (Å²) in [5.74, 6) is 0.494. The molecule has 1 rings (SSSR count). The number of aryl methyl sites for hydroxylation is 1. The van der Waals surface area contributed by atoms with E-state index in [1.165, 1.54) is 89.9 Å². The van der Waals surface area contributed by atoms with Crippen molar-refractivity contribution < 1.29 is 13.0 Å². The maximum atomic E-state index is 11.9. The lowest BCUT2D eigenvalue weighted by Gasteiger charge is -2.19. The minimum Gasteiger partial charge on any atom is -0.282 e. The van der Waals surface area contributed by atoms with Crippen LogP contribution in [0.25, 0.3) is 0 Å². The van der Waals surface area contributed by atoms with E-state index >= 15 is 0 Å². The average Bonchev–Trinajstić information content (AvgIpc) is 2.71. The lowest BCUT2D eigenvalue weighted by molar-refractivity contribution is 0.397. The van der Waals surface area contributed by atoms with Crippen LogP contribution >= 0.6 is 0 Å². The smallest absolute Gasteiger partial charge is 0.282 e. The molecule has 0 aliphatic rings. The van der Waals surface area contributed by atoms with E-state index in [-0.39, 0.29) is 4.90 Å². The Hall–Kier alpha value is -0.870. The Morgan fingerprint density at radius 1 is 0.742 bits per heavy atom. The lowest BCUT2D eigenvalue weighted by atomic mass is 9.88. The first-order valence-electron chi connectivity index (χ1n) is 13.0. The van der Waals surface area contributed by atoms with E-state index in [1.54, 1.807) is 12.1 Å². The molecule has 1 unspecified atom stereocenters. The second kappa shape index (κ2) is 16.7. The fourth-order valence-corrected chi connectivity index (χ4v) is 5.27. The van der Waals surface area contributed by atoms with Gasteiger partial charge in [0.15, 0.2) is 0 Å². The summed E-state index contributed by atoms with van der Waals surface area (Å²) in [5.41, 5.74) is 1.84. The Balaban J connectivity index is 2.61. The number of rotatable bonds is 19. The third kappa shape index (κ3) is 13.3. The third-order valence-corrected chi connectivity index (χ3v) is 7.39. The summed E-state index contributed by atoms with van der Waals surface area (Å²) >= 11 is 0. The summed E-state index contributed by atoms with van der Waals surface area (Å²) in [5, 5.41) is 0. The van der Waals surface area contributed by atoms with E-state index in [0.717, 1.165) is 30.4 Å². The van der Waals surface area contributed by atoms with Crippen molar-refractivity contribution >= 4 is 10.1 Å². The Morgan fingerprint density at radius 3 is 1.65 bits per heavy atom. The highest BCUT2D eigenvalue weighted by atomic mass is 32.2. The summed E-state index contributed by atoms with van der Waals surface area (Å²) in [4.78, 5) is 0.0990. The van der Waals surface area contributed by atoms with Crippen molar-refractivity contribution in [1.29, 1.82) is 0 Å². The predicted molar refractivity (Wildman–Crippen MR) is 133 cm³/mol. The minimum atomic E-state index is -4.17. The summed E-state index contributed by atoms with van der Waals surface area (Å²) < 4.78 is 33.4. The van der Waals surface area contributed by atoms with E-state index in [4.69, 9.17) is 0 Å². The fraction of sp³-hybridized carbons (Fsp3) is 0.778. The Labute approximate surface area is 193 Å². The van der Waals surface area contributed by atoms with Gasteiger partial charge in [-0.3, -0.25) is 4.55 Å². The molecule has 0 spiro atoms. The van der Waals surface area contributed by atoms with Gasteiger partial charge in [0.25, 0.3) is 10.1 Å². The first-order valence-corrected chi connectivity index (χ1v) is 14.4. The highest BCUT2D eigenvalue weighted by Crippen LogP contribution is 2.27. The summed E-state index contributed by atoms with van der Waals surface area (Å²) in [6.07, 6.45) is 21.3. The molecule has 0 aliphatic heterocycles. The van der Waals surface area contributed by atoms with Gasteiger partial charge >= 0.3 is 0 Å². The van der Waals surface area contributed by atoms with Gasteiger partial charge in [0, 0.05) is 0 Å². The van der Waals surface area contributed by atoms with Crippen LogP contribution in [-0.4, -0.2) is 13.0 Å². The second-order valence-electron chi connectivity index (χ2n) is 9.48. The quantitative estimate of drug-likeness (QED) is 0.169. The van der Waals surface area contributed by atoms with Crippen LogP contribution in [0.15, 0.2) is 23.1 Å². The van der Waals surface area contributed by atoms with Gasteiger partial charge in [0.1, 0.15) is 0 Å². The summed E-state index contributed by atoms with van der Waals surface area (Å²) in [6, 6.07) is 5.29. The Kier molecular flexibility index (Phi) is 15.2. The van der Waals surface area contributed by atoms with Crippen molar-refractivity contribution in [3.8, 4) is 0 Å². The van der Waals surface area contributed by atoms with Gasteiger partial charge in [0.05, 0.1) is 4.90 Å². The van der Waals surface area contributed by atoms with Crippen LogP contribution in [0, 0.1) is 12.8 Å². The van der Waals surface area contributed by atoms with Crippen LogP contribution in [0.5, 0.6) is 0 Å². The molecule has 0 radical (unpaired) electrons.